The van der Waals surface area contributed by atoms with E-state index < -0.39 is 0 Å². The van der Waals surface area contributed by atoms with Crippen LogP contribution >= 0.6 is 0 Å². The normalized spacial score (nSPS) is 18.3. The molecule has 1 fully saturated rings. The largest absolute Gasteiger partial charge is 0.461 e. The summed E-state index contributed by atoms with van der Waals surface area (Å²) in [6.45, 7) is 0.302. The van der Waals surface area contributed by atoms with Crippen LogP contribution < -0.4 is 0 Å². The molecule has 236 valence electrons. The number of carbonyl (C=O) groups excluding carboxylic acids is 1. The molecule has 2 bridgehead atoms. The second kappa shape index (κ2) is 11.1. The van der Waals surface area contributed by atoms with E-state index >= 15 is 0 Å². The number of fused-ring (bicyclic) bond motifs is 8. The van der Waals surface area contributed by atoms with Gasteiger partial charge in [-0.15, -0.1) is 0 Å². The highest BCUT2D eigenvalue weighted by molar-refractivity contribution is 6.10. The number of carbonyl (C=O) groups is 1. The maximum absolute atomic E-state index is 12.9. The molecular formula is C45H34N2O2. The van der Waals surface area contributed by atoms with Crippen LogP contribution in [0.2, 0.25) is 0 Å². The second-order valence-corrected chi connectivity index (χ2v) is 13.7. The van der Waals surface area contributed by atoms with Gasteiger partial charge in [-0.05, 0) is 96.0 Å². The van der Waals surface area contributed by atoms with Crippen molar-refractivity contribution in [3.63, 3.8) is 0 Å². The van der Waals surface area contributed by atoms with Gasteiger partial charge >= 0.3 is 5.97 Å². The predicted molar refractivity (Wildman–Crippen MR) is 199 cm³/mol. The summed E-state index contributed by atoms with van der Waals surface area (Å²) >= 11 is 0. The number of esters is 1. The van der Waals surface area contributed by atoms with Crippen molar-refractivity contribution in [3.05, 3.63) is 157 Å². The number of para-hydroxylation sites is 3. The highest BCUT2D eigenvalue weighted by atomic mass is 16.5. The third-order valence-electron chi connectivity index (χ3n) is 10.9. The highest BCUT2D eigenvalue weighted by Gasteiger charge is 2.40. The van der Waals surface area contributed by atoms with Gasteiger partial charge in [0.05, 0.1) is 28.0 Å². The van der Waals surface area contributed by atoms with Crippen LogP contribution in [-0.4, -0.2) is 15.1 Å². The fourth-order valence-electron chi connectivity index (χ4n) is 8.51. The molecule has 10 rings (SSSR count). The van der Waals surface area contributed by atoms with E-state index in [1.54, 1.807) is 0 Å². The van der Waals surface area contributed by atoms with Gasteiger partial charge in [0.15, 0.2) is 0 Å². The van der Waals surface area contributed by atoms with Crippen LogP contribution in [0.3, 0.4) is 0 Å². The molecule has 2 heterocycles. The minimum Gasteiger partial charge on any atom is -0.461 e. The lowest BCUT2D eigenvalue weighted by atomic mass is 9.94. The van der Waals surface area contributed by atoms with Gasteiger partial charge in [0.1, 0.15) is 6.61 Å². The van der Waals surface area contributed by atoms with Crippen LogP contribution in [0.25, 0.3) is 66.1 Å². The Morgan fingerprint density at radius 1 is 0.551 bits per heavy atom. The van der Waals surface area contributed by atoms with Gasteiger partial charge in [0.2, 0.25) is 0 Å². The number of nitrogens with zero attached hydrogens (tertiary/aromatic N) is 2. The average Bonchev–Trinajstić information content (AvgIpc) is 3.95. The van der Waals surface area contributed by atoms with Crippen LogP contribution in [-0.2, 0) is 16.1 Å². The van der Waals surface area contributed by atoms with E-state index in [-0.39, 0.29) is 11.9 Å². The van der Waals surface area contributed by atoms with E-state index in [1.807, 2.05) is 0 Å². The van der Waals surface area contributed by atoms with Crippen molar-refractivity contribution in [2.45, 2.75) is 19.4 Å². The third kappa shape index (κ3) is 4.55. The molecular weight excluding hydrogens is 601 g/mol. The molecule has 0 aliphatic heterocycles. The van der Waals surface area contributed by atoms with Crippen LogP contribution in [0.5, 0.6) is 0 Å². The minimum absolute atomic E-state index is 0.0154. The predicted octanol–water partition coefficient (Wildman–Crippen LogP) is 10.8. The van der Waals surface area contributed by atoms with Crippen molar-refractivity contribution in [1.82, 2.24) is 9.13 Å². The van der Waals surface area contributed by atoms with E-state index in [4.69, 9.17) is 4.74 Å². The number of allylic oxidation sites excluding steroid dienone is 2. The topological polar surface area (TPSA) is 36.2 Å². The summed E-state index contributed by atoms with van der Waals surface area (Å²) in [5, 5.41) is 4.89. The molecule has 8 aromatic rings. The van der Waals surface area contributed by atoms with E-state index in [1.165, 1.54) is 38.3 Å². The van der Waals surface area contributed by atoms with Crippen LogP contribution in [0.4, 0.5) is 0 Å². The molecule has 0 spiro atoms. The molecule has 0 saturated heterocycles. The second-order valence-electron chi connectivity index (χ2n) is 13.7. The molecule has 2 unspecified atom stereocenters. The zero-order valence-corrected chi connectivity index (χ0v) is 27.0. The first-order valence-corrected chi connectivity index (χ1v) is 17.3. The first kappa shape index (κ1) is 28.2. The monoisotopic (exact) mass is 634 g/mol. The zero-order chi connectivity index (χ0) is 32.5. The number of ether oxygens (including phenoxy) is 1. The van der Waals surface area contributed by atoms with Crippen molar-refractivity contribution < 1.29 is 9.53 Å². The summed E-state index contributed by atoms with van der Waals surface area (Å²) in [4.78, 5) is 12.9. The molecule has 2 aliphatic carbocycles. The van der Waals surface area contributed by atoms with E-state index in [9.17, 15) is 4.79 Å². The number of hydrogen-bond donors (Lipinski definition) is 0. The van der Waals surface area contributed by atoms with Crippen LogP contribution in [0.15, 0.2) is 152 Å². The quantitative estimate of drug-likeness (QED) is 0.135. The van der Waals surface area contributed by atoms with Gasteiger partial charge in [0.25, 0.3) is 0 Å². The lowest BCUT2D eigenvalue weighted by Gasteiger charge is -2.16. The van der Waals surface area contributed by atoms with Gasteiger partial charge in [-0.3, -0.25) is 4.79 Å². The van der Waals surface area contributed by atoms with Crippen LogP contribution in [0, 0.1) is 17.8 Å². The maximum atomic E-state index is 12.9. The Morgan fingerprint density at radius 2 is 1.06 bits per heavy atom. The smallest absolute Gasteiger partial charge is 0.309 e. The third-order valence-corrected chi connectivity index (χ3v) is 10.9. The fourth-order valence-corrected chi connectivity index (χ4v) is 8.51. The lowest BCUT2D eigenvalue weighted by molar-refractivity contribution is -0.150. The summed E-state index contributed by atoms with van der Waals surface area (Å²) in [5.74, 6) is 0.870. The van der Waals surface area contributed by atoms with Crippen molar-refractivity contribution in [2.75, 3.05) is 0 Å². The Hall–Kier alpha value is -5.87. The van der Waals surface area contributed by atoms with E-state index in [0.717, 1.165) is 46.2 Å². The molecule has 0 radical (unpaired) electrons. The summed E-state index contributed by atoms with van der Waals surface area (Å²) in [6.07, 6.45) is 6.50. The Labute approximate surface area is 284 Å². The molecule has 3 atom stereocenters. The SMILES string of the molecule is O=C(OCc1ccc2c(c1)c1ccccc1n2-c1ccc(-c2ccc(-n3c4ccccc4c4ccccc43)cc2)cc1)C1CC2C=C[C@H]1C2. The molecule has 0 amide bonds. The molecule has 49 heavy (non-hydrogen) atoms. The zero-order valence-electron chi connectivity index (χ0n) is 27.0. The molecule has 2 aliphatic rings. The Bertz CT molecular complexity index is 2530. The lowest BCUT2D eigenvalue weighted by Crippen LogP contribution is -2.21. The summed E-state index contributed by atoms with van der Waals surface area (Å²) in [6, 6.07) is 50.0. The average molecular weight is 635 g/mol. The van der Waals surface area contributed by atoms with Gasteiger partial charge in [-0.1, -0.05) is 97.1 Å². The number of aromatic nitrogens is 2. The van der Waals surface area contributed by atoms with Gasteiger partial charge in [0, 0.05) is 32.9 Å². The van der Waals surface area contributed by atoms with E-state index in [2.05, 4.69) is 161 Å². The molecule has 4 heteroatoms. The number of rotatable bonds is 6. The first-order chi connectivity index (χ1) is 24.2. The number of benzene rings is 6. The van der Waals surface area contributed by atoms with Gasteiger partial charge in [-0.2, -0.15) is 0 Å². The van der Waals surface area contributed by atoms with Crippen molar-refractivity contribution in [1.29, 1.82) is 0 Å². The Balaban J connectivity index is 0.945. The van der Waals surface area contributed by atoms with E-state index in [0.29, 0.717) is 18.4 Å². The molecule has 1 saturated carbocycles. The van der Waals surface area contributed by atoms with Crippen molar-refractivity contribution in [2.24, 2.45) is 17.8 Å². The number of hydrogen-bond acceptors (Lipinski definition) is 2. The van der Waals surface area contributed by atoms with Crippen molar-refractivity contribution in [3.8, 4) is 22.5 Å². The summed E-state index contributed by atoms with van der Waals surface area (Å²) in [5.41, 5.74) is 10.4. The highest BCUT2D eigenvalue weighted by Crippen LogP contribution is 2.44. The summed E-state index contributed by atoms with van der Waals surface area (Å²) in [7, 11) is 0. The maximum Gasteiger partial charge on any atom is 0.309 e. The Kier molecular flexibility index (Phi) is 6.38. The fraction of sp³-hybridized carbons (Fsp3) is 0.133. The molecule has 2 aromatic heterocycles. The van der Waals surface area contributed by atoms with Crippen LogP contribution in [0.1, 0.15) is 18.4 Å². The van der Waals surface area contributed by atoms with Crippen molar-refractivity contribution >= 4 is 49.6 Å². The molecule has 6 aromatic carbocycles. The van der Waals surface area contributed by atoms with Gasteiger partial charge in [-0.25, -0.2) is 0 Å². The molecule has 4 nitrogen and oxygen atoms in total. The Morgan fingerprint density at radius 3 is 1.57 bits per heavy atom. The standard InChI is InChI=1S/C45H34N2O2/c48-45(39-26-29-13-15-33(39)25-29)49-28-30-14-24-44-40(27-30)38-9-3-6-12-43(38)47(44)35-22-18-32(19-23-35)31-16-20-34(21-17-31)46-41-10-4-1-7-36(41)37-8-2-5-11-42(37)46/h1-24,27,29,33,39H,25-26,28H2/t29?,33-,39?/m0/s1. The van der Waals surface area contributed by atoms with Gasteiger partial charge < -0.3 is 13.9 Å². The molecule has 0 N–H and O–H groups in total. The minimum atomic E-state index is -0.0548. The first-order valence-electron chi connectivity index (χ1n) is 17.3. The summed E-state index contributed by atoms with van der Waals surface area (Å²) < 4.78 is 10.5.